The van der Waals surface area contributed by atoms with Gasteiger partial charge in [-0.2, -0.15) is 0 Å². The molecule has 8 rings (SSSR count). The minimum Gasteiger partial charge on any atom is -0.402 e. The number of rotatable bonds is 6. The maximum Gasteiger partial charge on any atom is 0.365 e. The summed E-state index contributed by atoms with van der Waals surface area (Å²) >= 11 is 0. The molecule has 0 spiro atoms. The Morgan fingerprint density at radius 1 is 0.769 bits per heavy atom. The van der Waals surface area contributed by atoms with Crippen LogP contribution in [0.2, 0.25) is 0 Å². The molecule has 1 saturated heterocycles. The van der Waals surface area contributed by atoms with Crippen molar-refractivity contribution in [2.75, 3.05) is 18.4 Å². The number of anilines is 1. The zero-order valence-electron chi connectivity index (χ0n) is 29.0. The molecule has 10 nitrogen and oxygen atoms in total. The normalized spacial score (nSPS) is 14.1. The highest BCUT2D eigenvalue weighted by atomic mass is 16.4. The molecule has 3 aromatic heterocycles. The second-order valence-electron chi connectivity index (χ2n) is 12.8. The van der Waals surface area contributed by atoms with Crippen molar-refractivity contribution in [2.45, 2.75) is 39.2 Å². The number of aromatic nitrogens is 3. The van der Waals surface area contributed by atoms with Crippen LogP contribution in [0.3, 0.4) is 0 Å². The number of carbonyl (C=O) groups excluding carboxylic acids is 2. The first kappa shape index (κ1) is 34.2. The molecule has 2 amide bonds. The number of pyridine rings is 2. The summed E-state index contributed by atoms with van der Waals surface area (Å²) in [5.41, 5.74) is 4.61. The van der Waals surface area contributed by atoms with Crippen LogP contribution in [0.1, 0.15) is 51.2 Å². The molecule has 1 fully saturated rings. The lowest BCUT2D eigenvalue weighted by atomic mass is 10.00. The molecule has 7 aromatic rings. The average molecular weight is 691 g/mol. The highest BCUT2D eigenvalue weighted by molar-refractivity contribution is 6.15. The molecule has 0 saturated carbocycles. The maximum absolute atomic E-state index is 13.0. The Morgan fingerprint density at radius 3 is 2.23 bits per heavy atom. The van der Waals surface area contributed by atoms with E-state index in [0.717, 1.165) is 45.6 Å². The van der Waals surface area contributed by atoms with Crippen molar-refractivity contribution in [3.63, 3.8) is 0 Å². The third-order valence-electron chi connectivity index (χ3n) is 9.34. The van der Waals surface area contributed by atoms with Gasteiger partial charge in [-0.25, -0.2) is 19.7 Å². The van der Waals surface area contributed by atoms with Crippen LogP contribution in [0.25, 0.3) is 44.0 Å². The third-order valence-corrected chi connectivity index (χ3v) is 9.34. The Kier molecular flexibility index (Phi) is 10.1. The summed E-state index contributed by atoms with van der Waals surface area (Å²) in [6, 6.07) is 30.7. The second kappa shape index (κ2) is 15.3. The van der Waals surface area contributed by atoms with Gasteiger partial charge in [-0.3, -0.25) is 9.59 Å². The molecule has 0 radical (unpaired) electrons. The topological polar surface area (TPSA) is 139 Å². The monoisotopic (exact) mass is 690 g/mol. The molecule has 52 heavy (non-hydrogen) atoms. The zero-order chi connectivity index (χ0) is 36.0. The van der Waals surface area contributed by atoms with Crippen LogP contribution in [0.15, 0.2) is 119 Å². The summed E-state index contributed by atoms with van der Waals surface area (Å²) in [6.45, 7) is 5.61. The second-order valence-corrected chi connectivity index (χ2v) is 12.8. The summed E-state index contributed by atoms with van der Waals surface area (Å²) in [4.78, 5) is 50.6. The number of hydrogen-bond donors (Lipinski definition) is 3. The Hall–Kier alpha value is -6.26. The molecule has 1 aliphatic rings. The van der Waals surface area contributed by atoms with Crippen molar-refractivity contribution in [1.82, 2.24) is 25.6 Å². The van der Waals surface area contributed by atoms with E-state index < -0.39 is 5.63 Å². The first-order valence-electron chi connectivity index (χ1n) is 17.4. The zero-order valence-corrected chi connectivity index (χ0v) is 29.0. The molecule has 1 unspecified atom stereocenters. The fourth-order valence-electron chi connectivity index (χ4n) is 6.59. The number of benzene rings is 4. The molecule has 0 bridgehead atoms. The molecule has 3 N–H and O–H groups in total. The van der Waals surface area contributed by atoms with Crippen LogP contribution in [-0.4, -0.2) is 45.9 Å². The molecular weight excluding hydrogens is 652 g/mol. The van der Waals surface area contributed by atoms with Gasteiger partial charge in [0.05, 0.1) is 5.69 Å². The minimum absolute atomic E-state index is 0.220. The molecule has 4 aromatic carbocycles. The number of nitrogens with zero attached hydrogens (tertiary/aromatic N) is 3. The van der Waals surface area contributed by atoms with Crippen LogP contribution in [0.4, 0.5) is 5.69 Å². The van der Waals surface area contributed by atoms with Gasteiger partial charge in [0, 0.05) is 36.1 Å². The molecule has 1 atom stereocenters. The molecule has 4 heterocycles. The lowest BCUT2D eigenvalue weighted by Gasteiger charge is -2.23. The van der Waals surface area contributed by atoms with E-state index in [4.69, 9.17) is 4.42 Å². The number of hydrogen-bond acceptors (Lipinski definition) is 8. The van der Waals surface area contributed by atoms with Gasteiger partial charge in [0.25, 0.3) is 11.8 Å². The number of piperidine rings is 1. The van der Waals surface area contributed by atoms with Crippen LogP contribution < -0.4 is 21.6 Å². The summed E-state index contributed by atoms with van der Waals surface area (Å²) < 4.78 is 5.40. The SMILES string of the molecule is Cc1ccc(-c2nc3cccnc3c(=O)o2)c2ccccc12.Cc1ccc(C(=O)Nc2cccnc2C(=O)NCC2CCCCN2)c2ccccc12. The minimum atomic E-state index is -0.467. The Balaban J connectivity index is 0.000000169. The average Bonchev–Trinajstić information content (AvgIpc) is 3.18. The van der Waals surface area contributed by atoms with Gasteiger partial charge in [0.1, 0.15) is 5.52 Å². The summed E-state index contributed by atoms with van der Waals surface area (Å²) in [6.07, 6.45) is 6.51. The lowest BCUT2D eigenvalue weighted by molar-refractivity contribution is 0.0943. The fraction of sp³-hybridized carbons (Fsp3) is 0.190. The van der Waals surface area contributed by atoms with E-state index in [2.05, 4.69) is 43.9 Å². The summed E-state index contributed by atoms with van der Waals surface area (Å²) in [5, 5.41) is 13.3. The van der Waals surface area contributed by atoms with Gasteiger partial charge in [0.2, 0.25) is 5.89 Å². The van der Waals surface area contributed by atoms with Crippen LogP contribution >= 0.6 is 0 Å². The Bertz CT molecular complexity index is 2490. The van der Waals surface area contributed by atoms with E-state index in [1.54, 1.807) is 36.7 Å². The molecule has 260 valence electrons. The van der Waals surface area contributed by atoms with Crippen molar-refractivity contribution in [2.24, 2.45) is 0 Å². The highest BCUT2D eigenvalue weighted by Crippen LogP contribution is 2.30. The van der Waals surface area contributed by atoms with Gasteiger partial charge in [-0.15, -0.1) is 0 Å². The fourth-order valence-corrected chi connectivity index (χ4v) is 6.59. The van der Waals surface area contributed by atoms with Gasteiger partial charge in [-0.05, 0) is 102 Å². The van der Waals surface area contributed by atoms with E-state index in [1.165, 1.54) is 18.4 Å². The Morgan fingerprint density at radius 2 is 1.46 bits per heavy atom. The van der Waals surface area contributed by atoms with Gasteiger partial charge >= 0.3 is 5.63 Å². The summed E-state index contributed by atoms with van der Waals surface area (Å²) in [7, 11) is 0. The number of amides is 2. The smallest absolute Gasteiger partial charge is 0.365 e. The van der Waals surface area contributed by atoms with Crippen LogP contribution in [0, 0.1) is 13.8 Å². The number of carbonyl (C=O) groups is 2. The van der Waals surface area contributed by atoms with E-state index in [1.807, 2.05) is 73.7 Å². The van der Waals surface area contributed by atoms with E-state index in [0.29, 0.717) is 29.2 Å². The largest absolute Gasteiger partial charge is 0.402 e. The number of fused-ring (bicyclic) bond motifs is 3. The molecule has 0 aliphatic carbocycles. The van der Waals surface area contributed by atoms with Crippen molar-refractivity contribution in [3.05, 3.63) is 142 Å². The van der Waals surface area contributed by atoms with Crippen LogP contribution in [0.5, 0.6) is 0 Å². The predicted octanol–water partition coefficient (Wildman–Crippen LogP) is 7.38. The predicted molar refractivity (Wildman–Crippen MR) is 205 cm³/mol. The van der Waals surface area contributed by atoms with E-state index in [9.17, 15) is 14.4 Å². The third kappa shape index (κ3) is 7.28. The molecular formula is C42H38N6O4. The highest BCUT2D eigenvalue weighted by Gasteiger charge is 2.19. The number of aryl methyl sites for hydroxylation is 2. The lowest BCUT2D eigenvalue weighted by Crippen LogP contribution is -2.43. The van der Waals surface area contributed by atoms with E-state index >= 15 is 0 Å². The summed E-state index contributed by atoms with van der Waals surface area (Å²) in [5.74, 6) is -0.226. The first-order chi connectivity index (χ1) is 25.4. The quantitative estimate of drug-likeness (QED) is 0.164. The van der Waals surface area contributed by atoms with Crippen molar-refractivity contribution < 1.29 is 14.0 Å². The standard InChI is InChI=1S/C24H26N4O2.C18H12N2O2/c1-16-11-12-20(19-9-3-2-8-18(16)19)23(29)28-21-10-6-14-26-22(21)24(30)27-15-17-7-4-5-13-25-17;1-11-8-9-14(13-6-3-2-5-12(11)13)17-20-15-7-4-10-19-16(15)18(21)22-17/h2-3,6,8-12,14,17,25H,4-5,7,13,15H2,1H3,(H,27,30)(H,28,29);2-10H,1H3. The van der Waals surface area contributed by atoms with Crippen molar-refractivity contribution in [1.29, 1.82) is 0 Å². The van der Waals surface area contributed by atoms with Crippen LogP contribution in [-0.2, 0) is 0 Å². The van der Waals surface area contributed by atoms with Gasteiger partial charge < -0.3 is 20.4 Å². The first-order valence-corrected chi connectivity index (χ1v) is 17.4. The molecule has 10 heteroatoms. The van der Waals surface area contributed by atoms with E-state index in [-0.39, 0.29) is 29.1 Å². The van der Waals surface area contributed by atoms with Gasteiger partial charge in [-0.1, -0.05) is 67.1 Å². The maximum atomic E-state index is 13.0. The number of nitrogens with one attached hydrogen (secondary N) is 3. The van der Waals surface area contributed by atoms with Gasteiger partial charge in [0.15, 0.2) is 11.2 Å². The molecule has 1 aliphatic heterocycles. The van der Waals surface area contributed by atoms with Crippen molar-refractivity contribution >= 4 is 50.1 Å². The van der Waals surface area contributed by atoms with Crippen molar-refractivity contribution in [3.8, 4) is 11.5 Å². The Labute approximate surface area is 300 Å².